The summed E-state index contributed by atoms with van der Waals surface area (Å²) in [4.78, 5) is 4.43. The van der Waals surface area contributed by atoms with Gasteiger partial charge in [-0.25, -0.2) is 0 Å². The van der Waals surface area contributed by atoms with Gasteiger partial charge in [-0.05, 0) is 6.92 Å². The fraction of sp³-hybridized carbons (Fsp3) is 0.857. The molecule has 0 aliphatic carbocycles. The SMILES string of the molecule is CC(C)C1=NCC(C)N1I. The maximum Gasteiger partial charge on any atom is 0.111 e. The molecule has 10 heavy (non-hydrogen) atoms. The first-order valence-electron chi connectivity index (χ1n) is 3.62. The molecule has 0 fully saturated rings. The Kier molecular flexibility index (Phi) is 2.55. The summed E-state index contributed by atoms with van der Waals surface area (Å²) in [5.74, 6) is 1.81. The van der Waals surface area contributed by atoms with Crippen LogP contribution in [0.1, 0.15) is 20.8 Å². The smallest absolute Gasteiger partial charge is 0.111 e. The van der Waals surface area contributed by atoms with E-state index in [1.165, 1.54) is 5.84 Å². The minimum Gasteiger partial charge on any atom is -0.298 e. The van der Waals surface area contributed by atoms with Crippen molar-refractivity contribution in [1.29, 1.82) is 0 Å². The fourth-order valence-corrected chi connectivity index (χ4v) is 1.91. The summed E-state index contributed by atoms with van der Waals surface area (Å²) in [5.41, 5.74) is 0. The molecule has 1 heterocycles. The summed E-state index contributed by atoms with van der Waals surface area (Å²) in [6, 6.07) is 0.595. The first kappa shape index (κ1) is 8.30. The van der Waals surface area contributed by atoms with Crippen molar-refractivity contribution in [3.8, 4) is 0 Å². The van der Waals surface area contributed by atoms with Gasteiger partial charge in [-0.15, -0.1) is 0 Å². The van der Waals surface area contributed by atoms with Crippen molar-refractivity contribution >= 4 is 28.7 Å². The number of nitrogens with zero attached hydrogens (tertiary/aromatic N) is 2. The van der Waals surface area contributed by atoms with Gasteiger partial charge in [-0.1, -0.05) is 13.8 Å². The largest absolute Gasteiger partial charge is 0.298 e. The molecule has 58 valence electrons. The van der Waals surface area contributed by atoms with E-state index in [9.17, 15) is 0 Å². The van der Waals surface area contributed by atoms with Gasteiger partial charge in [0.15, 0.2) is 0 Å². The Hall–Kier alpha value is 0.200. The number of amidine groups is 1. The van der Waals surface area contributed by atoms with Crippen LogP contribution in [0.2, 0.25) is 0 Å². The maximum atomic E-state index is 4.43. The molecule has 1 aliphatic rings. The standard InChI is InChI=1S/C7H13IN2/c1-5(2)7-9-4-6(3)10(7)8/h5-6H,4H2,1-3H3. The molecule has 0 saturated heterocycles. The third kappa shape index (κ3) is 1.44. The second kappa shape index (κ2) is 3.07. The summed E-state index contributed by atoms with van der Waals surface area (Å²) in [6.07, 6.45) is 0. The molecule has 1 unspecified atom stereocenters. The fourth-order valence-electron chi connectivity index (χ4n) is 1.02. The zero-order valence-electron chi connectivity index (χ0n) is 6.63. The van der Waals surface area contributed by atoms with Crippen molar-refractivity contribution in [1.82, 2.24) is 3.11 Å². The number of halogens is 1. The van der Waals surface area contributed by atoms with Crippen LogP contribution in [0.4, 0.5) is 0 Å². The van der Waals surface area contributed by atoms with Gasteiger partial charge in [-0.2, -0.15) is 0 Å². The van der Waals surface area contributed by atoms with Crippen LogP contribution >= 0.6 is 22.9 Å². The Labute approximate surface area is 76.2 Å². The summed E-state index contributed by atoms with van der Waals surface area (Å²) >= 11 is 2.34. The quantitative estimate of drug-likeness (QED) is 0.515. The molecule has 1 rings (SSSR count). The summed E-state index contributed by atoms with van der Waals surface area (Å²) in [6.45, 7) is 7.53. The third-order valence-electron chi connectivity index (χ3n) is 1.64. The first-order chi connectivity index (χ1) is 4.63. The monoisotopic (exact) mass is 252 g/mol. The molecule has 0 bridgehead atoms. The van der Waals surface area contributed by atoms with Crippen molar-refractivity contribution in [2.24, 2.45) is 10.9 Å². The second-order valence-corrected chi connectivity index (χ2v) is 4.05. The minimum atomic E-state index is 0.571. The van der Waals surface area contributed by atoms with Gasteiger partial charge >= 0.3 is 0 Å². The van der Waals surface area contributed by atoms with Gasteiger partial charge in [0.1, 0.15) is 5.84 Å². The molecular formula is C7H13IN2. The third-order valence-corrected chi connectivity index (χ3v) is 3.09. The van der Waals surface area contributed by atoms with Gasteiger partial charge in [0, 0.05) is 5.92 Å². The van der Waals surface area contributed by atoms with E-state index in [0.29, 0.717) is 12.0 Å². The molecule has 1 atom stereocenters. The lowest BCUT2D eigenvalue weighted by Gasteiger charge is -2.18. The average Bonchev–Trinajstić information content (AvgIpc) is 2.14. The van der Waals surface area contributed by atoms with E-state index in [-0.39, 0.29) is 0 Å². The lowest BCUT2D eigenvalue weighted by atomic mass is 10.2. The molecule has 0 aromatic heterocycles. The second-order valence-electron chi connectivity index (χ2n) is 3.01. The summed E-state index contributed by atoms with van der Waals surface area (Å²) in [5, 5.41) is 0. The van der Waals surface area contributed by atoms with Crippen LogP contribution in [0.5, 0.6) is 0 Å². The van der Waals surface area contributed by atoms with Crippen molar-refractivity contribution in [3.05, 3.63) is 0 Å². The lowest BCUT2D eigenvalue weighted by molar-refractivity contribution is 0.577. The first-order valence-corrected chi connectivity index (χ1v) is 4.58. The number of aliphatic imine (C=N–C) groups is 1. The highest BCUT2D eigenvalue weighted by Gasteiger charge is 2.23. The Bertz CT molecular complexity index is 154. The van der Waals surface area contributed by atoms with E-state index in [4.69, 9.17) is 0 Å². The highest BCUT2D eigenvalue weighted by Crippen LogP contribution is 2.19. The maximum absolute atomic E-state index is 4.43. The lowest BCUT2D eigenvalue weighted by Crippen LogP contribution is -2.27. The van der Waals surface area contributed by atoms with Gasteiger partial charge in [0.05, 0.1) is 35.5 Å². The number of hydrogen-bond acceptors (Lipinski definition) is 2. The highest BCUT2D eigenvalue weighted by atomic mass is 127. The molecular weight excluding hydrogens is 239 g/mol. The predicted molar refractivity (Wildman–Crippen MR) is 52.5 cm³/mol. The Morgan fingerprint density at radius 1 is 1.70 bits per heavy atom. The molecule has 0 saturated carbocycles. The highest BCUT2D eigenvalue weighted by molar-refractivity contribution is 14.1. The molecule has 1 aliphatic heterocycles. The molecule has 0 amide bonds. The zero-order chi connectivity index (χ0) is 7.72. The molecule has 0 N–H and O–H groups in total. The molecule has 0 aromatic rings. The normalized spacial score (nSPS) is 25.9. The van der Waals surface area contributed by atoms with Crippen LogP contribution in [0.3, 0.4) is 0 Å². The van der Waals surface area contributed by atoms with Crippen molar-refractivity contribution in [3.63, 3.8) is 0 Å². The molecule has 0 aromatic carbocycles. The molecule has 0 spiro atoms. The number of rotatable bonds is 1. The Morgan fingerprint density at radius 2 is 2.30 bits per heavy atom. The van der Waals surface area contributed by atoms with E-state index in [2.05, 4.69) is 51.7 Å². The average molecular weight is 252 g/mol. The predicted octanol–water partition coefficient (Wildman–Crippen LogP) is 2.10. The molecule has 2 nitrogen and oxygen atoms in total. The van der Waals surface area contributed by atoms with Crippen LogP contribution in [-0.2, 0) is 0 Å². The van der Waals surface area contributed by atoms with Gasteiger partial charge in [-0.3, -0.25) is 8.11 Å². The van der Waals surface area contributed by atoms with E-state index in [0.717, 1.165) is 6.54 Å². The van der Waals surface area contributed by atoms with E-state index in [1.54, 1.807) is 0 Å². The summed E-state index contributed by atoms with van der Waals surface area (Å²) in [7, 11) is 0. The molecule has 0 radical (unpaired) electrons. The topological polar surface area (TPSA) is 15.6 Å². The number of hydrogen-bond donors (Lipinski definition) is 0. The van der Waals surface area contributed by atoms with Crippen molar-refractivity contribution in [2.75, 3.05) is 6.54 Å². The van der Waals surface area contributed by atoms with Crippen molar-refractivity contribution < 1.29 is 0 Å². The Morgan fingerprint density at radius 3 is 2.50 bits per heavy atom. The van der Waals surface area contributed by atoms with E-state index < -0.39 is 0 Å². The summed E-state index contributed by atoms with van der Waals surface area (Å²) < 4.78 is 2.24. The van der Waals surface area contributed by atoms with Gasteiger partial charge < -0.3 is 0 Å². The van der Waals surface area contributed by atoms with E-state index >= 15 is 0 Å². The Balaban J connectivity index is 2.62. The minimum absolute atomic E-state index is 0.571. The van der Waals surface area contributed by atoms with Crippen LogP contribution < -0.4 is 0 Å². The van der Waals surface area contributed by atoms with Gasteiger partial charge in [0.25, 0.3) is 0 Å². The molecule has 3 heteroatoms. The van der Waals surface area contributed by atoms with E-state index in [1.807, 2.05) is 0 Å². The zero-order valence-corrected chi connectivity index (χ0v) is 8.79. The van der Waals surface area contributed by atoms with Crippen LogP contribution in [-0.4, -0.2) is 21.5 Å². The van der Waals surface area contributed by atoms with Crippen LogP contribution in [0.15, 0.2) is 4.99 Å². The van der Waals surface area contributed by atoms with Crippen LogP contribution in [0.25, 0.3) is 0 Å². The van der Waals surface area contributed by atoms with Crippen LogP contribution in [0, 0.1) is 5.92 Å². The van der Waals surface area contributed by atoms with Gasteiger partial charge in [0.2, 0.25) is 0 Å². The van der Waals surface area contributed by atoms with Crippen molar-refractivity contribution in [2.45, 2.75) is 26.8 Å².